The van der Waals surface area contributed by atoms with Gasteiger partial charge < -0.3 is 0 Å². The molecule has 0 N–H and O–H groups in total. The number of hydrogen-bond donors (Lipinski definition) is 0. The van der Waals surface area contributed by atoms with Crippen LogP contribution in [0, 0.1) is 10.5 Å². The van der Waals surface area contributed by atoms with E-state index in [0.717, 1.165) is 5.33 Å². The van der Waals surface area contributed by atoms with Crippen LogP contribution < -0.4 is 0 Å². The molecule has 0 atom stereocenters. The van der Waals surface area contributed by atoms with E-state index < -0.39 is 0 Å². The molecule has 0 saturated carbocycles. The third-order valence-electron chi connectivity index (χ3n) is 1.60. The summed E-state index contributed by atoms with van der Waals surface area (Å²) in [4.78, 5) is 0. The van der Waals surface area contributed by atoms with Gasteiger partial charge in [0.25, 0.3) is 0 Å². The van der Waals surface area contributed by atoms with Crippen LogP contribution in [0.5, 0.6) is 0 Å². The van der Waals surface area contributed by atoms with Crippen LogP contribution >= 0.6 is 54.5 Å². The molecule has 0 aromatic heterocycles. The predicted octanol–water partition coefficient (Wildman–Crippen LogP) is 4.26. The molecule has 0 saturated heterocycles. The Morgan fingerprint density at radius 1 is 1.45 bits per heavy atom. The van der Waals surface area contributed by atoms with Crippen LogP contribution in [0.15, 0.2) is 16.6 Å². The van der Waals surface area contributed by atoms with E-state index in [2.05, 4.69) is 73.5 Å². The molecule has 1 rings (SSSR count). The van der Waals surface area contributed by atoms with Gasteiger partial charge >= 0.3 is 0 Å². The van der Waals surface area contributed by atoms with Crippen molar-refractivity contribution >= 4 is 54.5 Å². The van der Waals surface area contributed by atoms with Gasteiger partial charge in [0.1, 0.15) is 0 Å². The summed E-state index contributed by atoms with van der Waals surface area (Å²) in [5.74, 6) is 0. The second-order valence-electron chi connectivity index (χ2n) is 2.28. The van der Waals surface area contributed by atoms with Gasteiger partial charge in [-0.15, -0.1) is 0 Å². The van der Waals surface area contributed by atoms with Crippen LogP contribution in [-0.4, -0.2) is 0 Å². The van der Waals surface area contributed by atoms with E-state index in [1.54, 1.807) is 0 Å². The molecule has 0 fully saturated rings. The summed E-state index contributed by atoms with van der Waals surface area (Å²) >= 11 is 9.31. The summed E-state index contributed by atoms with van der Waals surface area (Å²) in [5, 5.41) is 0.925. The second-order valence-corrected chi connectivity index (χ2v) is 4.80. The van der Waals surface area contributed by atoms with Crippen molar-refractivity contribution in [3.8, 4) is 0 Å². The van der Waals surface area contributed by atoms with E-state index in [1.165, 1.54) is 19.2 Å². The summed E-state index contributed by atoms with van der Waals surface area (Å²) in [6, 6.07) is 4.27. The van der Waals surface area contributed by atoms with Crippen LogP contribution in [0.4, 0.5) is 0 Å². The van der Waals surface area contributed by atoms with Gasteiger partial charge in [-0.05, 0) is 62.6 Å². The molecule has 0 bridgehead atoms. The van der Waals surface area contributed by atoms with Crippen molar-refractivity contribution in [2.75, 3.05) is 0 Å². The highest BCUT2D eigenvalue weighted by molar-refractivity contribution is 14.1. The summed E-state index contributed by atoms with van der Waals surface area (Å²) < 4.78 is 2.49. The lowest BCUT2D eigenvalue weighted by Gasteiger charge is -2.05. The number of benzene rings is 1. The Morgan fingerprint density at radius 2 is 2.09 bits per heavy atom. The third-order valence-corrected chi connectivity index (χ3v) is 4.86. The van der Waals surface area contributed by atoms with Gasteiger partial charge in [-0.3, -0.25) is 0 Å². The molecule has 60 valence electrons. The minimum atomic E-state index is 0.925. The molecule has 0 aliphatic rings. The molecule has 0 aliphatic heterocycles. The zero-order chi connectivity index (χ0) is 8.43. The second kappa shape index (κ2) is 4.23. The van der Waals surface area contributed by atoms with Crippen molar-refractivity contribution in [3.63, 3.8) is 0 Å². The monoisotopic (exact) mass is 388 g/mol. The fraction of sp³-hybridized carbons (Fsp3) is 0.250. The van der Waals surface area contributed by atoms with Crippen LogP contribution in [-0.2, 0) is 5.33 Å². The van der Waals surface area contributed by atoms with Gasteiger partial charge in [-0.1, -0.05) is 22.0 Å². The molecule has 1 aromatic carbocycles. The summed E-state index contributed by atoms with van der Waals surface area (Å²) in [5.41, 5.74) is 2.67. The quantitative estimate of drug-likeness (QED) is 0.497. The highest BCUT2D eigenvalue weighted by Gasteiger charge is 2.03. The van der Waals surface area contributed by atoms with Gasteiger partial charge in [0.05, 0.1) is 0 Å². The summed E-state index contributed by atoms with van der Waals surface area (Å²) in [6.45, 7) is 2.13. The van der Waals surface area contributed by atoms with Gasteiger partial charge in [-0.2, -0.15) is 0 Å². The standard InChI is InChI=1S/C8H7Br2I/c1-5-6(4-9)2-3-7(11)8(5)10/h2-3H,4H2,1H3. The number of halogens is 3. The molecule has 0 spiro atoms. The summed E-state index contributed by atoms with van der Waals surface area (Å²) in [6.07, 6.45) is 0. The normalized spacial score (nSPS) is 10.2. The topological polar surface area (TPSA) is 0 Å². The van der Waals surface area contributed by atoms with E-state index >= 15 is 0 Å². The first-order valence-electron chi connectivity index (χ1n) is 3.16. The third kappa shape index (κ3) is 2.18. The van der Waals surface area contributed by atoms with Crippen molar-refractivity contribution in [2.45, 2.75) is 12.3 Å². The fourth-order valence-electron chi connectivity index (χ4n) is 0.837. The minimum absolute atomic E-state index is 0.925. The predicted molar refractivity (Wildman–Crippen MR) is 64.2 cm³/mol. The lowest BCUT2D eigenvalue weighted by Crippen LogP contribution is -1.87. The maximum Gasteiger partial charge on any atom is 0.0341 e. The lowest BCUT2D eigenvalue weighted by atomic mass is 10.1. The first kappa shape index (κ1) is 9.99. The average molecular weight is 390 g/mol. The van der Waals surface area contributed by atoms with Gasteiger partial charge in [-0.25, -0.2) is 0 Å². The van der Waals surface area contributed by atoms with Crippen molar-refractivity contribution in [1.29, 1.82) is 0 Å². The lowest BCUT2D eigenvalue weighted by molar-refractivity contribution is 1.28. The first-order valence-corrected chi connectivity index (χ1v) is 6.15. The number of rotatable bonds is 1. The zero-order valence-electron chi connectivity index (χ0n) is 6.00. The Morgan fingerprint density at radius 3 is 2.64 bits per heavy atom. The Balaban J connectivity index is 3.25. The molecule has 0 nitrogen and oxygen atoms in total. The molecule has 0 heterocycles. The number of hydrogen-bond acceptors (Lipinski definition) is 0. The molecular weight excluding hydrogens is 383 g/mol. The van der Waals surface area contributed by atoms with Gasteiger partial charge in [0, 0.05) is 13.4 Å². The van der Waals surface area contributed by atoms with Crippen LogP contribution in [0.3, 0.4) is 0 Å². The average Bonchev–Trinajstić information content (AvgIpc) is 2.01. The van der Waals surface area contributed by atoms with Gasteiger partial charge in [0.2, 0.25) is 0 Å². The maximum atomic E-state index is 3.54. The van der Waals surface area contributed by atoms with Crippen molar-refractivity contribution in [3.05, 3.63) is 31.3 Å². The van der Waals surface area contributed by atoms with Crippen molar-refractivity contribution in [1.82, 2.24) is 0 Å². The highest BCUT2D eigenvalue weighted by Crippen LogP contribution is 2.26. The van der Waals surface area contributed by atoms with E-state index in [9.17, 15) is 0 Å². The van der Waals surface area contributed by atoms with E-state index in [-0.39, 0.29) is 0 Å². The minimum Gasteiger partial charge on any atom is -0.0876 e. The van der Waals surface area contributed by atoms with E-state index in [1.807, 2.05) is 0 Å². The van der Waals surface area contributed by atoms with E-state index in [0.29, 0.717) is 0 Å². The molecule has 1 aromatic rings. The van der Waals surface area contributed by atoms with Crippen LogP contribution in [0.25, 0.3) is 0 Å². The Labute approximate surface area is 97.2 Å². The molecule has 11 heavy (non-hydrogen) atoms. The molecule has 0 amide bonds. The maximum absolute atomic E-state index is 3.54. The van der Waals surface area contributed by atoms with Crippen LogP contribution in [0.1, 0.15) is 11.1 Å². The van der Waals surface area contributed by atoms with Gasteiger partial charge in [0.15, 0.2) is 0 Å². The Hall–Kier alpha value is 0.910. The molecule has 3 heteroatoms. The van der Waals surface area contributed by atoms with E-state index in [4.69, 9.17) is 0 Å². The fourth-order valence-corrected chi connectivity index (χ4v) is 2.42. The molecule has 0 unspecified atom stereocenters. The smallest absolute Gasteiger partial charge is 0.0341 e. The highest BCUT2D eigenvalue weighted by atomic mass is 127. The van der Waals surface area contributed by atoms with Crippen molar-refractivity contribution in [2.24, 2.45) is 0 Å². The largest absolute Gasteiger partial charge is 0.0876 e. The Kier molecular flexibility index (Phi) is 3.85. The Bertz CT molecular complexity index is 271. The summed E-state index contributed by atoms with van der Waals surface area (Å²) in [7, 11) is 0. The first-order chi connectivity index (χ1) is 5.16. The number of alkyl halides is 1. The van der Waals surface area contributed by atoms with Crippen molar-refractivity contribution < 1.29 is 0 Å². The van der Waals surface area contributed by atoms with Crippen LogP contribution in [0.2, 0.25) is 0 Å². The zero-order valence-corrected chi connectivity index (χ0v) is 11.3. The molecule has 0 radical (unpaired) electrons. The SMILES string of the molecule is Cc1c(CBr)ccc(I)c1Br. The molecular formula is C8H7Br2I. The molecule has 0 aliphatic carbocycles.